The molecule has 1 fully saturated rings. The number of piperazine rings is 1. The Labute approximate surface area is 152 Å². The highest BCUT2D eigenvalue weighted by atomic mass is 16.7. The van der Waals surface area contributed by atoms with E-state index in [-0.39, 0.29) is 12.7 Å². The van der Waals surface area contributed by atoms with Gasteiger partial charge in [0.25, 0.3) is 0 Å². The molecule has 1 aromatic heterocycles. The summed E-state index contributed by atoms with van der Waals surface area (Å²) in [6.45, 7) is 2.52. The molecule has 2 aliphatic heterocycles. The Bertz CT molecular complexity index is 826. The van der Waals surface area contributed by atoms with Crippen LogP contribution >= 0.6 is 0 Å². The van der Waals surface area contributed by atoms with Crippen molar-refractivity contribution in [1.82, 2.24) is 14.9 Å². The van der Waals surface area contributed by atoms with E-state index in [1.54, 1.807) is 0 Å². The molecule has 0 atom stereocenters. The number of amides is 1. The van der Waals surface area contributed by atoms with Gasteiger partial charge in [0.15, 0.2) is 11.5 Å². The number of hydrogen-bond donors (Lipinski definition) is 0. The van der Waals surface area contributed by atoms with Crippen molar-refractivity contribution in [2.45, 2.75) is 6.54 Å². The Morgan fingerprint density at radius 1 is 1.12 bits per heavy atom. The topological polar surface area (TPSA) is 71.0 Å². The smallest absolute Gasteiger partial charge is 0.242 e. The van der Waals surface area contributed by atoms with E-state index in [1.807, 2.05) is 53.1 Å². The van der Waals surface area contributed by atoms with Crippen LogP contribution < -0.4 is 19.3 Å². The Morgan fingerprint density at radius 3 is 2.77 bits per heavy atom. The number of carbonyl (C=O) groups excluding carboxylic acids is 1. The van der Waals surface area contributed by atoms with E-state index in [0.29, 0.717) is 19.6 Å². The minimum absolute atomic E-state index is 0.0823. The van der Waals surface area contributed by atoms with E-state index < -0.39 is 0 Å². The molecule has 0 N–H and O–H groups in total. The van der Waals surface area contributed by atoms with E-state index >= 15 is 0 Å². The van der Waals surface area contributed by atoms with Crippen molar-refractivity contribution in [3.05, 3.63) is 36.2 Å². The number of nitrogens with zero attached hydrogens (tertiary/aromatic N) is 5. The van der Waals surface area contributed by atoms with Crippen molar-refractivity contribution in [3.8, 4) is 11.5 Å². The molecule has 0 bridgehead atoms. The summed E-state index contributed by atoms with van der Waals surface area (Å²) in [5, 5.41) is 0. The summed E-state index contributed by atoms with van der Waals surface area (Å²) in [7, 11) is 3.86. The minimum Gasteiger partial charge on any atom is -0.454 e. The Hall–Kier alpha value is -3.03. The summed E-state index contributed by atoms with van der Waals surface area (Å²) in [6, 6.07) is 7.71. The second-order valence-electron chi connectivity index (χ2n) is 6.55. The second kappa shape index (κ2) is 6.70. The minimum atomic E-state index is 0.0823. The molecule has 3 heterocycles. The molecule has 2 aromatic rings. The number of rotatable bonds is 4. The van der Waals surface area contributed by atoms with Gasteiger partial charge in [0, 0.05) is 39.8 Å². The maximum Gasteiger partial charge on any atom is 0.242 e. The molecular formula is C18H21N5O3. The molecule has 1 amide bonds. The van der Waals surface area contributed by atoms with E-state index in [9.17, 15) is 4.79 Å². The van der Waals surface area contributed by atoms with Crippen molar-refractivity contribution >= 4 is 17.5 Å². The van der Waals surface area contributed by atoms with Crippen LogP contribution in [0.15, 0.2) is 30.6 Å². The number of anilines is 2. The molecule has 1 saturated heterocycles. The molecule has 0 unspecified atom stereocenters. The first-order chi connectivity index (χ1) is 12.6. The third-order valence-electron chi connectivity index (χ3n) is 4.55. The number of hydrogen-bond acceptors (Lipinski definition) is 7. The van der Waals surface area contributed by atoms with Crippen LogP contribution in [0.5, 0.6) is 11.5 Å². The predicted octanol–water partition coefficient (Wildman–Crippen LogP) is 1.12. The van der Waals surface area contributed by atoms with Crippen molar-refractivity contribution in [2.75, 3.05) is 50.3 Å². The average Bonchev–Trinajstić information content (AvgIpc) is 3.11. The summed E-state index contributed by atoms with van der Waals surface area (Å²) in [5.74, 6) is 3.18. The van der Waals surface area contributed by atoms with Gasteiger partial charge in [-0.25, -0.2) is 9.97 Å². The first-order valence-corrected chi connectivity index (χ1v) is 8.51. The second-order valence-corrected chi connectivity index (χ2v) is 6.55. The fourth-order valence-corrected chi connectivity index (χ4v) is 3.09. The van der Waals surface area contributed by atoms with Crippen LogP contribution in [-0.2, 0) is 11.3 Å². The fraction of sp³-hybridized carbons (Fsp3) is 0.389. The van der Waals surface area contributed by atoms with Crippen LogP contribution in [0.25, 0.3) is 0 Å². The van der Waals surface area contributed by atoms with Crippen molar-refractivity contribution in [3.63, 3.8) is 0 Å². The SMILES string of the molecule is CN(C)c1cc(N2CCN(Cc3ccc4c(c3)OCO4)C(=O)C2)ncn1. The zero-order valence-corrected chi connectivity index (χ0v) is 14.9. The van der Waals surface area contributed by atoms with Crippen LogP contribution in [0.2, 0.25) is 0 Å². The lowest BCUT2D eigenvalue weighted by atomic mass is 10.1. The first kappa shape index (κ1) is 16.4. The standard InChI is InChI=1S/C18H21N5O3/c1-21(2)16-8-17(20-11-19-16)22-5-6-23(18(24)10-22)9-13-3-4-14-15(7-13)26-12-25-14/h3-4,7-8,11H,5-6,9-10,12H2,1-2H3. The summed E-state index contributed by atoms with van der Waals surface area (Å²) in [5.41, 5.74) is 1.04. The molecule has 1 aromatic carbocycles. The zero-order chi connectivity index (χ0) is 18.1. The highest BCUT2D eigenvalue weighted by Crippen LogP contribution is 2.33. The van der Waals surface area contributed by atoms with Crippen LogP contribution in [-0.4, -0.2) is 61.3 Å². The summed E-state index contributed by atoms with van der Waals surface area (Å²) in [4.78, 5) is 26.9. The van der Waals surface area contributed by atoms with Gasteiger partial charge in [0.05, 0.1) is 6.54 Å². The van der Waals surface area contributed by atoms with Gasteiger partial charge in [-0.1, -0.05) is 6.07 Å². The van der Waals surface area contributed by atoms with E-state index in [1.165, 1.54) is 6.33 Å². The molecule has 4 rings (SSSR count). The van der Waals surface area contributed by atoms with E-state index in [2.05, 4.69) is 9.97 Å². The zero-order valence-electron chi connectivity index (χ0n) is 14.9. The van der Waals surface area contributed by atoms with Crippen LogP contribution in [0, 0.1) is 0 Å². The van der Waals surface area contributed by atoms with Gasteiger partial charge < -0.3 is 24.2 Å². The number of carbonyl (C=O) groups is 1. The van der Waals surface area contributed by atoms with Crippen LogP contribution in [0.4, 0.5) is 11.6 Å². The number of benzene rings is 1. The molecule has 8 heteroatoms. The van der Waals surface area contributed by atoms with E-state index in [0.717, 1.165) is 35.2 Å². The lowest BCUT2D eigenvalue weighted by Gasteiger charge is -2.35. The Kier molecular flexibility index (Phi) is 4.24. The summed E-state index contributed by atoms with van der Waals surface area (Å²) in [6.07, 6.45) is 1.54. The number of aromatic nitrogens is 2. The summed E-state index contributed by atoms with van der Waals surface area (Å²) < 4.78 is 10.7. The lowest BCUT2D eigenvalue weighted by molar-refractivity contribution is -0.131. The molecule has 0 radical (unpaired) electrons. The quantitative estimate of drug-likeness (QED) is 0.814. The Morgan fingerprint density at radius 2 is 1.96 bits per heavy atom. The number of fused-ring (bicyclic) bond motifs is 1. The highest BCUT2D eigenvalue weighted by molar-refractivity contribution is 5.82. The predicted molar refractivity (Wildman–Crippen MR) is 96.6 cm³/mol. The Balaban J connectivity index is 1.42. The fourth-order valence-electron chi connectivity index (χ4n) is 3.09. The molecule has 26 heavy (non-hydrogen) atoms. The monoisotopic (exact) mass is 355 g/mol. The number of ether oxygens (including phenoxy) is 2. The molecule has 136 valence electrons. The normalized spacial score (nSPS) is 16.2. The van der Waals surface area contributed by atoms with Gasteiger partial charge in [-0.05, 0) is 17.7 Å². The van der Waals surface area contributed by atoms with Crippen LogP contribution in [0.3, 0.4) is 0 Å². The summed E-state index contributed by atoms with van der Waals surface area (Å²) >= 11 is 0. The van der Waals surface area contributed by atoms with Crippen molar-refractivity contribution < 1.29 is 14.3 Å². The van der Waals surface area contributed by atoms with Gasteiger partial charge in [0.2, 0.25) is 12.7 Å². The first-order valence-electron chi connectivity index (χ1n) is 8.51. The molecular weight excluding hydrogens is 334 g/mol. The molecule has 8 nitrogen and oxygen atoms in total. The maximum absolute atomic E-state index is 12.6. The lowest BCUT2D eigenvalue weighted by Crippen LogP contribution is -2.50. The van der Waals surface area contributed by atoms with Crippen molar-refractivity contribution in [2.24, 2.45) is 0 Å². The molecule has 0 saturated carbocycles. The van der Waals surface area contributed by atoms with Gasteiger partial charge in [-0.2, -0.15) is 0 Å². The third-order valence-corrected chi connectivity index (χ3v) is 4.55. The van der Waals surface area contributed by atoms with Gasteiger partial charge >= 0.3 is 0 Å². The largest absolute Gasteiger partial charge is 0.454 e. The van der Waals surface area contributed by atoms with Crippen molar-refractivity contribution in [1.29, 1.82) is 0 Å². The van der Waals surface area contributed by atoms with Gasteiger partial charge in [-0.15, -0.1) is 0 Å². The van der Waals surface area contributed by atoms with E-state index in [4.69, 9.17) is 9.47 Å². The molecule has 2 aliphatic rings. The molecule has 0 aliphatic carbocycles. The third kappa shape index (κ3) is 3.22. The molecule has 0 spiro atoms. The highest BCUT2D eigenvalue weighted by Gasteiger charge is 2.25. The van der Waals surface area contributed by atoms with Gasteiger partial charge in [0.1, 0.15) is 18.0 Å². The average molecular weight is 355 g/mol. The van der Waals surface area contributed by atoms with Crippen LogP contribution in [0.1, 0.15) is 5.56 Å². The van der Waals surface area contributed by atoms with Gasteiger partial charge in [-0.3, -0.25) is 4.79 Å². The maximum atomic E-state index is 12.6.